The minimum atomic E-state index is -1.42. The van der Waals surface area contributed by atoms with Crippen LogP contribution in [0.4, 0.5) is 0 Å². The second-order valence-electron chi connectivity index (χ2n) is 7.80. The molecule has 194 valence electrons. The second-order valence-corrected chi connectivity index (χ2v) is 7.80. The van der Waals surface area contributed by atoms with Gasteiger partial charge in [-0.2, -0.15) is 0 Å². The number of amides is 3. The van der Waals surface area contributed by atoms with Crippen molar-refractivity contribution in [1.82, 2.24) is 16.0 Å². The van der Waals surface area contributed by atoms with Gasteiger partial charge in [0.25, 0.3) is 0 Å². The number of aliphatic imine (C=N–C) groups is 1. The van der Waals surface area contributed by atoms with Gasteiger partial charge in [0, 0.05) is 13.0 Å². The fraction of sp³-hybridized carbons (Fsp3) is 0.476. The second kappa shape index (κ2) is 14.4. The summed E-state index contributed by atoms with van der Waals surface area (Å²) >= 11 is 0. The number of guanidine groups is 1. The molecule has 14 heteroatoms. The van der Waals surface area contributed by atoms with Crippen LogP contribution in [0.15, 0.2) is 29.3 Å². The Kier molecular flexibility index (Phi) is 12.0. The van der Waals surface area contributed by atoms with Gasteiger partial charge in [-0.05, 0) is 37.5 Å². The molecule has 0 heterocycles. The lowest BCUT2D eigenvalue weighted by molar-refractivity contribution is -0.141. The number of aliphatic hydroxyl groups is 1. The molecule has 0 radical (unpaired) electrons. The van der Waals surface area contributed by atoms with E-state index in [1.165, 1.54) is 31.2 Å². The van der Waals surface area contributed by atoms with E-state index in [9.17, 15) is 29.4 Å². The fourth-order valence-corrected chi connectivity index (χ4v) is 2.85. The molecule has 0 aliphatic carbocycles. The lowest BCUT2D eigenvalue weighted by Crippen LogP contribution is -2.58. The topological polar surface area (TPSA) is 255 Å². The number of phenols is 1. The molecular weight excluding hydrogens is 462 g/mol. The largest absolute Gasteiger partial charge is 0.508 e. The van der Waals surface area contributed by atoms with Crippen LogP contribution in [-0.2, 0) is 25.6 Å². The summed E-state index contributed by atoms with van der Waals surface area (Å²) < 4.78 is 0. The van der Waals surface area contributed by atoms with E-state index >= 15 is 0 Å². The van der Waals surface area contributed by atoms with Gasteiger partial charge in [-0.25, -0.2) is 0 Å². The number of benzene rings is 1. The van der Waals surface area contributed by atoms with Crippen LogP contribution >= 0.6 is 0 Å². The van der Waals surface area contributed by atoms with E-state index in [0.717, 1.165) is 0 Å². The first kappa shape index (κ1) is 29.1. The zero-order valence-electron chi connectivity index (χ0n) is 19.3. The van der Waals surface area contributed by atoms with Gasteiger partial charge in [0.1, 0.15) is 23.9 Å². The molecule has 0 aliphatic rings. The SMILES string of the molecule is CC(NC(=O)C(Cc1ccc(O)cc1)NC(=O)C(CO)NC(=O)C(N)CCCN=C(N)N)C(=O)O. The number of carboxylic acids is 1. The number of aliphatic carboxylic acids is 1. The Bertz CT molecular complexity index is 904. The van der Waals surface area contributed by atoms with Crippen LogP contribution in [0, 0.1) is 0 Å². The average molecular weight is 496 g/mol. The molecule has 1 aromatic carbocycles. The zero-order chi connectivity index (χ0) is 26.5. The van der Waals surface area contributed by atoms with Gasteiger partial charge < -0.3 is 48.5 Å². The summed E-state index contributed by atoms with van der Waals surface area (Å²) in [5.74, 6) is -3.75. The third-order valence-corrected chi connectivity index (χ3v) is 4.86. The summed E-state index contributed by atoms with van der Waals surface area (Å²) in [7, 11) is 0. The number of carbonyl (C=O) groups excluding carboxylic acids is 3. The van der Waals surface area contributed by atoms with Gasteiger partial charge in [-0.3, -0.25) is 24.2 Å². The van der Waals surface area contributed by atoms with Crippen molar-refractivity contribution in [3.63, 3.8) is 0 Å². The lowest BCUT2D eigenvalue weighted by atomic mass is 10.0. The number of hydrogen-bond donors (Lipinski definition) is 9. The third kappa shape index (κ3) is 10.7. The lowest BCUT2D eigenvalue weighted by Gasteiger charge is -2.24. The maximum Gasteiger partial charge on any atom is 0.325 e. The van der Waals surface area contributed by atoms with Gasteiger partial charge in [-0.1, -0.05) is 12.1 Å². The highest BCUT2D eigenvalue weighted by molar-refractivity contribution is 5.94. The predicted molar refractivity (Wildman–Crippen MR) is 126 cm³/mol. The fourth-order valence-electron chi connectivity index (χ4n) is 2.85. The molecule has 4 atom stereocenters. The molecule has 4 unspecified atom stereocenters. The van der Waals surface area contributed by atoms with Crippen LogP contribution < -0.4 is 33.2 Å². The van der Waals surface area contributed by atoms with Gasteiger partial charge >= 0.3 is 5.97 Å². The standard InChI is InChI=1S/C21H33N7O7/c1-11(20(34)35)26-18(32)15(9-12-4-6-13(30)7-5-12)27-19(33)16(10-29)28-17(31)14(22)3-2-8-25-21(23)24/h4-7,11,14-16,29-30H,2-3,8-10,22H2,1H3,(H,26,32)(H,27,33)(H,28,31)(H,34,35)(H4,23,24,25). The average Bonchev–Trinajstić information content (AvgIpc) is 2.80. The monoisotopic (exact) mass is 495 g/mol. The number of aliphatic hydroxyl groups excluding tert-OH is 1. The maximum absolute atomic E-state index is 12.7. The van der Waals surface area contributed by atoms with E-state index in [1.54, 1.807) is 0 Å². The molecule has 0 saturated carbocycles. The molecule has 0 saturated heterocycles. The van der Waals surface area contributed by atoms with Crippen LogP contribution in [0.5, 0.6) is 5.75 Å². The first-order valence-corrected chi connectivity index (χ1v) is 10.8. The minimum Gasteiger partial charge on any atom is -0.508 e. The van der Waals surface area contributed by atoms with Crippen molar-refractivity contribution in [1.29, 1.82) is 0 Å². The molecule has 0 spiro atoms. The van der Waals surface area contributed by atoms with E-state index in [4.69, 9.17) is 22.3 Å². The first-order chi connectivity index (χ1) is 16.4. The summed E-state index contributed by atoms with van der Waals surface area (Å²) in [6, 6.07) is 0.926. The number of hydrogen-bond acceptors (Lipinski definition) is 8. The Morgan fingerprint density at radius 2 is 1.54 bits per heavy atom. The Morgan fingerprint density at radius 1 is 0.971 bits per heavy atom. The molecule has 1 aromatic rings. The summed E-state index contributed by atoms with van der Waals surface area (Å²) in [5.41, 5.74) is 16.8. The third-order valence-electron chi connectivity index (χ3n) is 4.86. The van der Waals surface area contributed by atoms with Gasteiger partial charge in [0.05, 0.1) is 12.6 Å². The minimum absolute atomic E-state index is 0.00372. The Labute approximate surface area is 201 Å². The van der Waals surface area contributed by atoms with Crippen LogP contribution in [0.3, 0.4) is 0 Å². The molecule has 1 rings (SSSR count). The van der Waals surface area contributed by atoms with Crippen molar-refractivity contribution >= 4 is 29.7 Å². The summed E-state index contributed by atoms with van der Waals surface area (Å²) in [5, 5.41) is 35.1. The summed E-state index contributed by atoms with van der Waals surface area (Å²) in [4.78, 5) is 52.6. The number of carboxylic acid groups (broad SMARTS) is 1. The smallest absolute Gasteiger partial charge is 0.325 e. The number of nitrogens with two attached hydrogens (primary N) is 3. The quantitative estimate of drug-likeness (QED) is 0.0712. The van der Waals surface area contributed by atoms with Gasteiger partial charge in [-0.15, -0.1) is 0 Å². The number of carbonyl (C=O) groups is 4. The Morgan fingerprint density at radius 3 is 2.09 bits per heavy atom. The van der Waals surface area contributed by atoms with Crippen molar-refractivity contribution in [3.8, 4) is 5.75 Å². The predicted octanol–water partition coefficient (Wildman–Crippen LogP) is -3.13. The van der Waals surface area contributed by atoms with Crippen molar-refractivity contribution < 1.29 is 34.5 Å². The molecule has 12 N–H and O–H groups in total. The Hall–Kier alpha value is -3.91. The molecule has 14 nitrogen and oxygen atoms in total. The van der Waals surface area contributed by atoms with Crippen LogP contribution in [-0.4, -0.2) is 82.3 Å². The molecule has 0 aliphatic heterocycles. The van der Waals surface area contributed by atoms with Crippen LogP contribution in [0.1, 0.15) is 25.3 Å². The van der Waals surface area contributed by atoms with Crippen molar-refractivity contribution in [3.05, 3.63) is 29.8 Å². The van der Waals surface area contributed by atoms with E-state index in [0.29, 0.717) is 12.0 Å². The van der Waals surface area contributed by atoms with E-state index in [1.807, 2.05) is 0 Å². The first-order valence-electron chi connectivity index (χ1n) is 10.8. The number of aromatic hydroxyl groups is 1. The molecule has 35 heavy (non-hydrogen) atoms. The normalized spacial score (nSPS) is 14.0. The highest BCUT2D eigenvalue weighted by Crippen LogP contribution is 2.12. The Balaban J connectivity index is 2.86. The summed E-state index contributed by atoms with van der Waals surface area (Å²) in [6.07, 6.45) is 0.557. The van der Waals surface area contributed by atoms with Crippen LogP contribution in [0.2, 0.25) is 0 Å². The molecule has 0 aromatic heterocycles. The van der Waals surface area contributed by atoms with E-state index in [2.05, 4.69) is 20.9 Å². The number of nitrogens with zero attached hydrogens (tertiary/aromatic N) is 1. The number of nitrogens with one attached hydrogen (secondary N) is 3. The van der Waals surface area contributed by atoms with E-state index < -0.39 is 54.5 Å². The summed E-state index contributed by atoms with van der Waals surface area (Å²) in [6.45, 7) is 0.735. The van der Waals surface area contributed by atoms with Crippen LogP contribution in [0.25, 0.3) is 0 Å². The highest BCUT2D eigenvalue weighted by atomic mass is 16.4. The van der Waals surface area contributed by atoms with Gasteiger partial charge in [0.2, 0.25) is 17.7 Å². The van der Waals surface area contributed by atoms with Crippen molar-refractivity contribution in [2.24, 2.45) is 22.2 Å². The highest BCUT2D eigenvalue weighted by Gasteiger charge is 2.29. The molecule has 0 fully saturated rings. The zero-order valence-corrected chi connectivity index (χ0v) is 19.3. The van der Waals surface area contributed by atoms with Gasteiger partial charge in [0.15, 0.2) is 5.96 Å². The molecular formula is C21H33N7O7. The maximum atomic E-state index is 12.7. The molecule has 3 amide bonds. The van der Waals surface area contributed by atoms with Crippen molar-refractivity contribution in [2.75, 3.05) is 13.2 Å². The molecule has 0 bridgehead atoms. The number of rotatable bonds is 14. The van der Waals surface area contributed by atoms with E-state index in [-0.39, 0.29) is 31.1 Å². The van der Waals surface area contributed by atoms with Crippen molar-refractivity contribution in [2.45, 2.75) is 50.4 Å². The number of phenolic OH excluding ortho intramolecular Hbond substituents is 1.